The third-order valence-electron chi connectivity index (χ3n) is 5.37. The minimum absolute atomic E-state index is 0.201. The monoisotopic (exact) mass is 451 g/mol. The molecule has 164 valence electrons. The van der Waals surface area contributed by atoms with E-state index in [-0.39, 0.29) is 17.7 Å². The third-order valence-corrected chi connectivity index (χ3v) is 6.04. The molecule has 0 bridgehead atoms. The first-order valence-corrected chi connectivity index (χ1v) is 11.3. The lowest BCUT2D eigenvalue weighted by molar-refractivity contribution is -0.141. The number of thioether (sulfide) groups is 1. The summed E-state index contributed by atoms with van der Waals surface area (Å²) in [6, 6.07) is 12.3. The summed E-state index contributed by atoms with van der Waals surface area (Å²) >= 11 is 1.31. The van der Waals surface area contributed by atoms with Crippen molar-refractivity contribution in [3.05, 3.63) is 70.3 Å². The SMILES string of the molecule is CSCC(NC(=O)Cc1c(C)c2cc3c(-c4ccccc4)coc3cc2oc1=O)C(=O)O. The number of amides is 1. The van der Waals surface area contributed by atoms with E-state index in [1.165, 1.54) is 11.8 Å². The number of furan rings is 1. The van der Waals surface area contributed by atoms with Crippen molar-refractivity contribution in [3.63, 3.8) is 0 Å². The van der Waals surface area contributed by atoms with Crippen LogP contribution in [0.15, 0.2) is 62.4 Å². The maximum atomic E-state index is 12.6. The lowest BCUT2D eigenvalue weighted by Gasteiger charge is -2.14. The Kier molecular flexibility index (Phi) is 6.05. The molecule has 0 aliphatic carbocycles. The van der Waals surface area contributed by atoms with Crippen LogP contribution in [0.25, 0.3) is 33.1 Å². The Labute approximate surface area is 187 Å². The van der Waals surface area contributed by atoms with Crippen LogP contribution in [0, 0.1) is 6.92 Å². The summed E-state index contributed by atoms with van der Waals surface area (Å²) in [6.07, 6.45) is 3.15. The fourth-order valence-corrected chi connectivity index (χ4v) is 4.26. The van der Waals surface area contributed by atoms with E-state index in [0.29, 0.717) is 22.1 Å². The van der Waals surface area contributed by atoms with Gasteiger partial charge in [-0.2, -0.15) is 11.8 Å². The highest BCUT2D eigenvalue weighted by atomic mass is 32.2. The summed E-state index contributed by atoms with van der Waals surface area (Å²) in [7, 11) is 0. The summed E-state index contributed by atoms with van der Waals surface area (Å²) in [5.74, 6) is -1.44. The van der Waals surface area contributed by atoms with Crippen molar-refractivity contribution in [3.8, 4) is 11.1 Å². The molecule has 4 aromatic rings. The lowest BCUT2D eigenvalue weighted by atomic mass is 9.99. The molecule has 4 rings (SSSR count). The fourth-order valence-electron chi connectivity index (χ4n) is 3.70. The van der Waals surface area contributed by atoms with Gasteiger partial charge < -0.3 is 19.3 Å². The molecule has 1 amide bonds. The second-order valence-electron chi connectivity index (χ2n) is 7.44. The van der Waals surface area contributed by atoms with E-state index < -0.39 is 23.5 Å². The minimum Gasteiger partial charge on any atom is -0.480 e. The maximum absolute atomic E-state index is 12.6. The van der Waals surface area contributed by atoms with Gasteiger partial charge in [0.25, 0.3) is 0 Å². The molecular weight excluding hydrogens is 430 g/mol. The quantitative estimate of drug-likeness (QED) is 0.409. The number of carbonyl (C=O) groups is 2. The van der Waals surface area contributed by atoms with Gasteiger partial charge in [-0.25, -0.2) is 9.59 Å². The van der Waals surface area contributed by atoms with Crippen molar-refractivity contribution < 1.29 is 23.5 Å². The molecular formula is C24H21NO6S. The molecule has 2 aromatic carbocycles. The number of rotatable bonds is 7. The molecule has 0 saturated carbocycles. The highest BCUT2D eigenvalue weighted by molar-refractivity contribution is 7.98. The molecule has 2 N–H and O–H groups in total. The van der Waals surface area contributed by atoms with Gasteiger partial charge in [0.15, 0.2) is 0 Å². The first-order chi connectivity index (χ1) is 15.4. The number of fused-ring (bicyclic) bond motifs is 2. The van der Waals surface area contributed by atoms with Gasteiger partial charge >= 0.3 is 11.6 Å². The molecule has 0 spiro atoms. The van der Waals surface area contributed by atoms with Crippen molar-refractivity contribution in [1.29, 1.82) is 0 Å². The molecule has 0 fully saturated rings. The van der Waals surface area contributed by atoms with Crippen LogP contribution in [-0.2, 0) is 16.0 Å². The number of carbonyl (C=O) groups excluding carboxylic acids is 1. The van der Waals surface area contributed by atoms with Crippen molar-refractivity contribution in [2.24, 2.45) is 0 Å². The van der Waals surface area contributed by atoms with E-state index in [2.05, 4.69) is 5.32 Å². The van der Waals surface area contributed by atoms with Crippen molar-refractivity contribution in [1.82, 2.24) is 5.32 Å². The zero-order valence-corrected chi connectivity index (χ0v) is 18.3. The topological polar surface area (TPSA) is 110 Å². The predicted octanol–water partition coefficient (Wildman–Crippen LogP) is 3.99. The molecule has 2 aromatic heterocycles. The van der Waals surface area contributed by atoms with Gasteiger partial charge in [-0.3, -0.25) is 4.79 Å². The van der Waals surface area contributed by atoms with Gasteiger partial charge in [-0.05, 0) is 30.4 Å². The van der Waals surface area contributed by atoms with Gasteiger partial charge in [-0.15, -0.1) is 0 Å². The summed E-state index contributed by atoms with van der Waals surface area (Å²) in [5.41, 5.74) is 3.05. The average Bonchev–Trinajstić information content (AvgIpc) is 3.18. The van der Waals surface area contributed by atoms with Gasteiger partial charge in [-0.1, -0.05) is 30.3 Å². The van der Waals surface area contributed by atoms with Crippen LogP contribution >= 0.6 is 11.8 Å². The number of hydrogen-bond acceptors (Lipinski definition) is 6. The van der Waals surface area contributed by atoms with Gasteiger partial charge in [0.1, 0.15) is 17.2 Å². The van der Waals surface area contributed by atoms with Gasteiger partial charge in [0.05, 0.1) is 18.2 Å². The maximum Gasteiger partial charge on any atom is 0.340 e. The molecule has 32 heavy (non-hydrogen) atoms. The number of benzene rings is 2. The first kappa shape index (κ1) is 21.7. The Bertz CT molecular complexity index is 1370. The van der Waals surface area contributed by atoms with Crippen LogP contribution in [0.2, 0.25) is 0 Å². The molecule has 0 radical (unpaired) electrons. The van der Waals surface area contributed by atoms with E-state index >= 15 is 0 Å². The number of hydrogen-bond donors (Lipinski definition) is 2. The summed E-state index contributed by atoms with van der Waals surface area (Å²) in [5, 5.41) is 13.3. The zero-order chi connectivity index (χ0) is 22.8. The Balaban J connectivity index is 1.74. The normalized spacial score (nSPS) is 12.2. The van der Waals surface area contributed by atoms with Crippen LogP contribution in [0.5, 0.6) is 0 Å². The Hall–Kier alpha value is -3.52. The number of carboxylic acid groups (broad SMARTS) is 1. The Morgan fingerprint density at radius 2 is 1.88 bits per heavy atom. The molecule has 8 heteroatoms. The fraction of sp³-hybridized carbons (Fsp3) is 0.208. The second kappa shape index (κ2) is 8.92. The zero-order valence-electron chi connectivity index (χ0n) is 17.5. The minimum atomic E-state index is -1.12. The summed E-state index contributed by atoms with van der Waals surface area (Å²) < 4.78 is 11.2. The summed E-state index contributed by atoms with van der Waals surface area (Å²) in [4.78, 5) is 36.4. The third kappa shape index (κ3) is 4.13. The predicted molar refractivity (Wildman–Crippen MR) is 124 cm³/mol. The van der Waals surface area contributed by atoms with Crippen LogP contribution in [0.3, 0.4) is 0 Å². The van der Waals surface area contributed by atoms with Crippen molar-refractivity contribution >= 4 is 45.6 Å². The molecule has 0 aliphatic heterocycles. The van der Waals surface area contributed by atoms with E-state index in [1.54, 1.807) is 25.5 Å². The largest absolute Gasteiger partial charge is 0.480 e. The number of aliphatic carboxylic acids is 1. The van der Waals surface area contributed by atoms with Crippen molar-refractivity contribution in [2.45, 2.75) is 19.4 Å². The average molecular weight is 452 g/mol. The highest BCUT2D eigenvalue weighted by Crippen LogP contribution is 2.34. The van der Waals surface area contributed by atoms with Gasteiger partial charge in [0.2, 0.25) is 5.91 Å². The Morgan fingerprint density at radius 1 is 1.12 bits per heavy atom. The van der Waals surface area contributed by atoms with Crippen LogP contribution in [0.1, 0.15) is 11.1 Å². The number of nitrogens with one attached hydrogen (secondary N) is 1. The van der Waals surface area contributed by atoms with Crippen molar-refractivity contribution in [2.75, 3.05) is 12.0 Å². The second-order valence-corrected chi connectivity index (χ2v) is 8.35. The molecule has 0 aliphatic rings. The molecule has 7 nitrogen and oxygen atoms in total. The Morgan fingerprint density at radius 3 is 2.56 bits per heavy atom. The van der Waals surface area contributed by atoms with E-state index in [0.717, 1.165) is 16.5 Å². The molecule has 1 unspecified atom stereocenters. The molecule has 2 heterocycles. The van der Waals surface area contributed by atoms with Crippen LogP contribution in [0.4, 0.5) is 0 Å². The number of carboxylic acids is 1. The van der Waals surface area contributed by atoms with Gasteiger partial charge in [0, 0.05) is 28.2 Å². The highest BCUT2D eigenvalue weighted by Gasteiger charge is 2.22. The van der Waals surface area contributed by atoms with E-state index in [9.17, 15) is 19.5 Å². The van der Waals surface area contributed by atoms with Crippen LogP contribution < -0.4 is 10.9 Å². The summed E-state index contributed by atoms with van der Waals surface area (Å²) in [6.45, 7) is 1.76. The van der Waals surface area contributed by atoms with E-state index in [4.69, 9.17) is 8.83 Å². The van der Waals surface area contributed by atoms with Crippen LogP contribution in [-0.4, -0.2) is 35.0 Å². The van der Waals surface area contributed by atoms with E-state index in [1.807, 2.05) is 36.4 Å². The molecule has 0 saturated heterocycles. The smallest absolute Gasteiger partial charge is 0.340 e. The molecule has 1 atom stereocenters. The lowest BCUT2D eigenvalue weighted by Crippen LogP contribution is -2.43. The standard InChI is InChI=1S/C24H21NO6S/c1-13-15-8-17-18(14-6-4-3-5-7-14)11-30-20(17)10-21(15)31-24(29)16(13)9-22(26)25-19(12-32-2)23(27)28/h3-8,10-11,19H,9,12H2,1-2H3,(H,25,26)(H,27,28). The number of aryl methyl sites for hydroxylation is 1. The first-order valence-electron chi connectivity index (χ1n) is 9.93.